The van der Waals surface area contributed by atoms with Gasteiger partial charge in [0.2, 0.25) is 5.95 Å². The lowest BCUT2D eigenvalue weighted by atomic mass is 10.1. The summed E-state index contributed by atoms with van der Waals surface area (Å²) in [6.07, 6.45) is 2.97. The number of aryl methyl sites for hydroxylation is 1. The molecule has 8 heteroatoms. The van der Waals surface area contributed by atoms with E-state index in [0.717, 1.165) is 0 Å². The van der Waals surface area contributed by atoms with Crippen LogP contribution in [0.4, 0.5) is 31.9 Å². The molecule has 148 valence electrons. The number of anilines is 4. The van der Waals surface area contributed by atoms with Gasteiger partial charge in [0.05, 0.1) is 17.9 Å². The summed E-state index contributed by atoms with van der Waals surface area (Å²) in [5.74, 6) is -0.695. The maximum atomic E-state index is 14.6. The molecular formula is C22H15F2N5O. The molecule has 0 amide bonds. The summed E-state index contributed by atoms with van der Waals surface area (Å²) in [5, 5.41) is 14.6. The predicted octanol–water partition coefficient (Wildman–Crippen LogP) is 5.68. The normalized spacial score (nSPS) is 10.5. The molecule has 4 aromatic rings. The maximum Gasteiger partial charge on any atom is 0.229 e. The molecule has 0 atom stereocenters. The van der Waals surface area contributed by atoms with E-state index in [-0.39, 0.29) is 17.5 Å². The zero-order valence-corrected chi connectivity index (χ0v) is 15.8. The van der Waals surface area contributed by atoms with Crippen LogP contribution in [0.1, 0.15) is 11.1 Å². The van der Waals surface area contributed by atoms with E-state index in [1.54, 1.807) is 43.3 Å². The zero-order chi connectivity index (χ0) is 21.1. The Bertz CT molecular complexity index is 1210. The van der Waals surface area contributed by atoms with Crippen molar-refractivity contribution in [2.75, 3.05) is 10.6 Å². The van der Waals surface area contributed by atoms with Crippen LogP contribution < -0.4 is 10.6 Å². The number of rotatable bonds is 5. The highest BCUT2D eigenvalue weighted by Gasteiger charge is 2.16. The second-order valence-corrected chi connectivity index (χ2v) is 6.46. The SMILES string of the molecule is Cc1cnc(Nc2ccc(C#N)cc2)nc1Nc1c(F)cc(-c2ccco2)cc1F. The molecule has 0 bridgehead atoms. The molecule has 30 heavy (non-hydrogen) atoms. The number of hydrogen-bond acceptors (Lipinski definition) is 6. The fourth-order valence-corrected chi connectivity index (χ4v) is 2.78. The molecule has 0 aliphatic heterocycles. The molecule has 0 spiro atoms. The number of nitrogens with one attached hydrogen (secondary N) is 2. The van der Waals surface area contributed by atoms with Gasteiger partial charge >= 0.3 is 0 Å². The molecule has 0 radical (unpaired) electrons. The van der Waals surface area contributed by atoms with Crippen LogP contribution >= 0.6 is 0 Å². The standard InChI is InChI=1S/C22H15F2N5O/c1-13-12-26-22(27-16-6-4-14(11-25)5-7-16)29-21(13)28-20-17(23)9-15(10-18(20)24)19-3-2-8-30-19/h2-10,12H,1H3,(H2,26,27,28,29). The van der Waals surface area contributed by atoms with E-state index in [1.807, 2.05) is 6.07 Å². The average Bonchev–Trinajstić information content (AvgIpc) is 3.28. The van der Waals surface area contributed by atoms with Crippen molar-refractivity contribution in [3.8, 4) is 17.4 Å². The van der Waals surface area contributed by atoms with E-state index in [4.69, 9.17) is 9.68 Å². The minimum absolute atomic E-state index is 0.237. The van der Waals surface area contributed by atoms with Gasteiger partial charge in [-0.2, -0.15) is 10.2 Å². The van der Waals surface area contributed by atoms with Crippen molar-refractivity contribution < 1.29 is 13.2 Å². The molecule has 2 aromatic heterocycles. The minimum atomic E-state index is -0.777. The Labute approximate surface area is 170 Å². The second kappa shape index (κ2) is 8.01. The maximum absolute atomic E-state index is 14.6. The molecule has 0 aliphatic rings. The lowest BCUT2D eigenvalue weighted by Crippen LogP contribution is -2.05. The van der Waals surface area contributed by atoms with Crippen LogP contribution in [-0.4, -0.2) is 9.97 Å². The third kappa shape index (κ3) is 3.95. The van der Waals surface area contributed by atoms with Gasteiger partial charge in [-0.05, 0) is 55.5 Å². The van der Waals surface area contributed by atoms with Crippen molar-refractivity contribution in [2.24, 2.45) is 0 Å². The lowest BCUT2D eigenvalue weighted by Gasteiger charge is -2.13. The molecule has 2 heterocycles. The first-order chi connectivity index (χ1) is 14.5. The second-order valence-electron chi connectivity index (χ2n) is 6.46. The quantitative estimate of drug-likeness (QED) is 0.446. The number of furan rings is 1. The molecule has 6 nitrogen and oxygen atoms in total. The number of halogens is 2. The van der Waals surface area contributed by atoms with Crippen LogP contribution in [0.5, 0.6) is 0 Å². The largest absolute Gasteiger partial charge is 0.464 e. The summed E-state index contributed by atoms with van der Waals surface area (Å²) in [6.45, 7) is 1.72. The van der Waals surface area contributed by atoms with Crippen molar-refractivity contribution in [2.45, 2.75) is 6.92 Å². The molecule has 2 N–H and O–H groups in total. The van der Waals surface area contributed by atoms with Crippen molar-refractivity contribution in [3.05, 3.63) is 83.8 Å². The molecule has 0 saturated heterocycles. The van der Waals surface area contributed by atoms with E-state index in [2.05, 4.69) is 20.6 Å². The molecule has 0 fully saturated rings. The fraction of sp³-hybridized carbons (Fsp3) is 0.0455. The topological polar surface area (TPSA) is 86.8 Å². The first kappa shape index (κ1) is 19.1. The van der Waals surface area contributed by atoms with Gasteiger partial charge in [-0.15, -0.1) is 0 Å². The molecule has 0 saturated carbocycles. The lowest BCUT2D eigenvalue weighted by molar-refractivity contribution is 0.572. The minimum Gasteiger partial charge on any atom is -0.464 e. The summed E-state index contributed by atoms with van der Waals surface area (Å²) in [7, 11) is 0. The first-order valence-corrected chi connectivity index (χ1v) is 8.94. The van der Waals surface area contributed by atoms with Crippen molar-refractivity contribution in [1.82, 2.24) is 9.97 Å². The Balaban J connectivity index is 1.60. The number of aromatic nitrogens is 2. The summed E-state index contributed by atoms with van der Waals surface area (Å²) in [5.41, 5.74) is 1.77. The number of nitriles is 1. The Kier molecular flexibility index (Phi) is 5.09. The third-order valence-electron chi connectivity index (χ3n) is 4.33. The predicted molar refractivity (Wildman–Crippen MR) is 109 cm³/mol. The van der Waals surface area contributed by atoms with E-state index in [9.17, 15) is 8.78 Å². The Hall–Kier alpha value is -4.25. The summed E-state index contributed by atoms with van der Waals surface area (Å²) in [4.78, 5) is 8.49. The molecule has 0 aliphatic carbocycles. The van der Waals surface area contributed by atoms with Crippen molar-refractivity contribution in [1.29, 1.82) is 5.26 Å². The van der Waals surface area contributed by atoms with E-state index >= 15 is 0 Å². The van der Waals surface area contributed by atoms with E-state index in [1.165, 1.54) is 24.6 Å². The van der Waals surface area contributed by atoms with Crippen molar-refractivity contribution >= 4 is 23.1 Å². The van der Waals surface area contributed by atoms with Crippen molar-refractivity contribution in [3.63, 3.8) is 0 Å². The van der Waals surface area contributed by atoms with E-state index < -0.39 is 11.6 Å². The first-order valence-electron chi connectivity index (χ1n) is 8.94. The zero-order valence-electron chi connectivity index (χ0n) is 15.8. The number of nitrogens with zero attached hydrogens (tertiary/aromatic N) is 3. The Morgan fingerprint density at radius 3 is 2.40 bits per heavy atom. The summed E-state index contributed by atoms with van der Waals surface area (Å²) in [6, 6.07) is 14.4. The van der Waals surface area contributed by atoms with Crippen LogP contribution in [0, 0.1) is 29.9 Å². The fourth-order valence-electron chi connectivity index (χ4n) is 2.78. The highest BCUT2D eigenvalue weighted by Crippen LogP contribution is 2.30. The highest BCUT2D eigenvalue weighted by atomic mass is 19.1. The highest BCUT2D eigenvalue weighted by molar-refractivity contribution is 5.67. The van der Waals surface area contributed by atoms with Gasteiger partial charge in [-0.1, -0.05) is 0 Å². The van der Waals surface area contributed by atoms with Gasteiger partial charge < -0.3 is 15.1 Å². The molecular weight excluding hydrogens is 388 g/mol. The summed E-state index contributed by atoms with van der Waals surface area (Å²) < 4.78 is 34.4. The smallest absolute Gasteiger partial charge is 0.229 e. The molecule has 2 aromatic carbocycles. The van der Waals surface area contributed by atoms with Crippen LogP contribution in [0.15, 0.2) is 65.4 Å². The third-order valence-corrected chi connectivity index (χ3v) is 4.33. The monoisotopic (exact) mass is 403 g/mol. The summed E-state index contributed by atoms with van der Waals surface area (Å²) >= 11 is 0. The number of hydrogen-bond donors (Lipinski definition) is 2. The van der Waals surface area contributed by atoms with Gasteiger partial charge in [0.25, 0.3) is 0 Å². The van der Waals surface area contributed by atoms with Crippen LogP contribution in [-0.2, 0) is 0 Å². The van der Waals surface area contributed by atoms with Crippen LogP contribution in [0.25, 0.3) is 11.3 Å². The molecule has 0 unspecified atom stereocenters. The average molecular weight is 403 g/mol. The van der Waals surface area contributed by atoms with Crippen LogP contribution in [0.3, 0.4) is 0 Å². The van der Waals surface area contributed by atoms with Gasteiger partial charge in [-0.3, -0.25) is 0 Å². The Morgan fingerprint density at radius 2 is 1.77 bits per heavy atom. The van der Waals surface area contributed by atoms with Gasteiger partial charge in [0, 0.05) is 23.0 Å². The van der Waals surface area contributed by atoms with Gasteiger partial charge in [-0.25, -0.2) is 13.8 Å². The van der Waals surface area contributed by atoms with Gasteiger partial charge in [0.15, 0.2) is 0 Å². The van der Waals surface area contributed by atoms with Gasteiger partial charge in [0.1, 0.15) is 28.9 Å². The Morgan fingerprint density at radius 1 is 1.03 bits per heavy atom. The number of benzene rings is 2. The van der Waals surface area contributed by atoms with E-state index in [0.29, 0.717) is 28.1 Å². The molecule has 4 rings (SSSR count). The van der Waals surface area contributed by atoms with Crippen LogP contribution in [0.2, 0.25) is 0 Å².